The summed E-state index contributed by atoms with van der Waals surface area (Å²) in [5.74, 6) is -1.68. The van der Waals surface area contributed by atoms with E-state index >= 15 is 0 Å². The SMILES string of the molecule is CC(C)(C)OC(=O)NC/C=C/CNCc1cccc(F)c1F. The Morgan fingerprint density at radius 2 is 1.91 bits per heavy atom. The third-order valence-corrected chi connectivity index (χ3v) is 2.54. The maximum Gasteiger partial charge on any atom is 0.407 e. The van der Waals surface area contributed by atoms with Crippen molar-refractivity contribution in [2.45, 2.75) is 32.9 Å². The van der Waals surface area contributed by atoms with Crippen molar-refractivity contribution in [3.05, 3.63) is 47.5 Å². The average molecular weight is 312 g/mol. The van der Waals surface area contributed by atoms with Gasteiger partial charge < -0.3 is 15.4 Å². The van der Waals surface area contributed by atoms with Crippen LogP contribution in [0.5, 0.6) is 0 Å². The summed E-state index contributed by atoms with van der Waals surface area (Å²) in [6, 6.07) is 4.08. The lowest BCUT2D eigenvalue weighted by molar-refractivity contribution is 0.0534. The molecule has 0 radical (unpaired) electrons. The predicted octanol–water partition coefficient (Wildman–Crippen LogP) is 3.14. The molecule has 1 rings (SSSR count). The van der Waals surface area contributed by atoms with Crippen molar-refractivity contribution in [3.8, 4) is 0 Å². The lowest BCUT2D eigenvalue weighted by atomic mass is 10.2. The first-order valence-electron chi connectivity index (χ1n) is 7.05. The summed E-state index contributed by atoms with van der Waals surface area (Å²) >= 11 is 0. The van der Waals surface area contributed by atoms with Crippen LogP contribution in [0.1, 0.15) is 26.3 Å². The Hall–Kier alpha value is -1.95. The second-order valence-electron chi connectivity index (χ2n) is 5.70. The minimum absolute atomic E-state index is 0.230. The second-order valence-corrected chi connectivity index (χ2v) is 5.70. The summed E-state index contributed by atoms with van der Waals surface area (Å²) in [4.78, 5) is 11.3. The van der Waals surface area contributed by atoms with E-state index in [1.165, 1.54) is 12.1 Å². The molecule has 0 heterocycles. The van der Waals surface area contributed by atoms with Gasteiger partial charge in [0, 0.05) is 25.2 Å². The van der Waals surface area contributed by atoms with E-state index < -0.39 is 23.3 Å². The van der Waals surface area contributed by atoms with Gasteiger partial charge in [0.05, 0.1) is 0 Å². The summed E-state index contributed by atoms with van der Waals surface area (Å²) in [6.45, 7) is 6.41. The fourth-order valence-electron chi connectivity index (χ4n) is 1.60. The monoisotopic (exact) mass is 312 g/mol. The zero-order valence-electron chi connectivity index (χ0n) is 13.1. The van der Waals surface area contributed by atoms with Crippen LogP contribution in [-0.2, 0) is 11.3 Å². The first-order valence-corrected chi connectivity index (χ1v) is 7.05. The number of ether oxygens (including phenoxy) is 1. The maximum absolute atomic E-state index is 13.4. The molecule has 0 unspecified atom stereocenters. The smallest absolute Gasteiger partial charge is 0.407 e. The van der Waals surface area contributed by atoms with E-state index in [0.29, 0.717) is 13.1 Å². The minimum atomic E-state index is -0.851. The van der Waals surface area contributed by atoms with Gasteiger partial charge in [-0.25, -0.2) is 13.6 Å². The standard InChI is InChI=1S/C16H22F2N2O2/c1-16(2,3)22-15(21)20-10-5-4-9-19-11-12-7-6-8-13(17)14(12)18/h4-8,19H,9-11H2,1-3H3,(H,20,21)/b5-4+. The predicted molar refractivity (Wildman–Crippen MR) is 81.4 cm³/mol. The molecule has 2 N–H and O–H groups in total. The Morgan fingerprint density at radius 3 is 2.59 bits per heavy atom. The minimum Gasteiger partial charge on any atom is -0.444 e. The number of nitrogens with one attached hydrogen (secondary N) is 2. The molecule has 22 heavy (non-hydrogen) atoms. The van der Waals surface area contributed by atoms with Crippen LogP contribution in [0.2, 0.25) is 0 Å². The number of amides is 1. The number of hydrogen-bond donors (Lipinski definition) is 2. The van der Waals surface area contributed by atoms with Crippen molar-refractivity contribution in [1.29, 1.82) is 0 Å². The van der Waals surface area contributed by atoms with Crippen molar-refractivity contribution in [3.63, 3.8) is 0 Å². The van der Waals surface area contributed by atoms with Crippen LogP contribution in [0.15, 0.2) is 30.4 Å². The number of alkyl carbamates (subject to hydrolysis) is 1. The third-order valence-electron chi connectivity index (χ3n) is 2.54. The summed E-state index contributed by atoms with van der Waals surface area (Å²) < 4.78 is 31.4. The number of carbonyl (C=O) groups is 1. The molecule has 0 atom stereocenters. The zero-order chi connectivity index (χ0) is 16.6. The van der Waals surface area contributed by atoms with Crippen LogP contribution in [0.3, 0.4) is 0 Å². The molecule has 0 saturated carbocycles. The van der Waals surface area contributed by atoms with Gasteiger partial charge in [-0.2, -0.15) is 0 Å². The van der Waals surface area contributed by atoms with Crippen LogP contribution < -0.4 is 10.6 Å². The highest BCUT2D eigenvalue weighted by molar-refractivity contribution is 5.67. The van der Waals surface area contributed by atoms with Gasteiger partial charge in [0.15, 0.2) is 11.6 Å². The molecule has 0 saturated heterocycles. The van der Waals surface area contributed by atoms with Crippen molar-refractivity contribution >= 4 is 6.09 Å². The molecule has 0 aliphatic rings. The third kappa shape index (κ3) is 7.17. The number of benzene rings is 1. The van der Waals surface area contributed by atoms with E-state index in [1.54, 1.807) is 32.9 Å². The van der Waals surface area contributed by atoms with E-state index in [9.17, 15) is 13.6 Å². The molecule has 0 bridgehead atoms. The number of hydrogen-bond acceptors (Lipinski definition) is 3. The van der Waals surface area contributed by atoms with Crippen LogP contribution in [0.25, 0.3) is 0 Å². The summed E-state index contributed by atoms with van der Waals surface area (Å²) in [7, 11) is 0. The van der Waals surface area contributed by atoms with Gasteiger partial charge >= 0.3 is 6.09 Å². The van der Waals surface area contributed by atoms with Crippen molar-refractivity contribution in [2.75, 3.05) is 13.1 Å². The lowest BCUT2D eigenvalue weighted by Crippen LogP contribution is -2.32. The van der Waals surface area contributed by atoms with Gasteiger partial charge in [-0.1, -0.05) is 24.3 Å². The Labute approximate surface area is 129 Å². The van der Waals surface area contributed by atoms with Crippen LogP contribution in [0, 0.1) is 11.6 Å². The number of halogens is 2. The Morgan fingerprint density at radius 1 is 1.23 bits per heavy atom. The van der Waals surface area contributed by atoms with E-state index in [4.69, 9.17) is 4.74 Å². The Balaban J connectivity index is 2.19. The number of carbonyl (C=O) groups excluding carboxylic acids is 1. The second kappa shape index (κ2) is 8.48. The topological polar surface area (TPSA) is 50.4 Å². The quantitative estimate of drug-likeness (QED) is 0.627. The van der Waals surface area contributed by atoms with Crippen LogP contribution in [0.4, 0.5) is 13.6 Å². The van der Waals surface area contributed by atoms with Gasteiger partial charge in [0.1, 0.15) is 5.60 Å². The molecule has 4 nitrogen and oxygen atoms in total. The van der Waals surface area contributed by atoms with E-state index in [0.717, 1.165) is 6.07 Å². The molecule has 0 spiro atoms. The lowest BCUT2D eigenvalue weighted by Gasteiger charge is -2.19. The van der Waals surface area contributed by atoms with Gasteiger partial charge in [-0.05, 0) is 26.8 Å². The van der Waals surface area contributed by atoms with Gasteiger partial charge in [-0.3, -0.25) is 0 Å². The fourth-order valence-corrected chi connectivity index (χ4v) is 1.60. The van der Waals surface area contributed by atoms with Gasteiger partial charge in [0.25, 0.3) is 0 Å². The highest BCUT2D eigenvalue weighted by Gasteiger charge is 2.14. The Bertz CT molecular complexity index is 525. The zero-order valence-corrected chi connectivity index (χ0v) is 13.1. The largest absolute Gasteiger partial charge is 0.444 e. The van der Waals surface area contributed by atoms with Crippen molar-refractivity contribution in [2.24, 2.45) is 0 Å². The molecule has 0 aliphatic carbocycles. The molecule has 6 heteroatoms. The first kappa shape index (κ1) is 18.1. The van der Waals surface area contributed by atoms with Gasteiger partial charge in [-0.15, -0.1) is 0 Å². The molecule has 0 aliphatic heterocycles. The van der Waals surface area contributed by atoms with E-state index in [-0.39, 0.29) is 12.1 Å². The molecule has 1 aromatic carbocycles. The Kier molecular flexibility index (Phi) is 6.98. The van der Waals surface area contributed by atoms with E-state index in [1.807, 2.05) is 0 Å². The first-order chi connectivity index (χ1) is 10.3. The van der Waals surface area contributed by atoms with Crippen LogP contribution in [-0.4, -0.2) is 24.8 Å². The molecule has 0 fully saturated rings. The molecule has 0 aromatic heterocycles. The summed E-state index contributed by atoms with van der Waals surface area (Å²) in [6.07, 6.45) is 3.06. The maximum atomic E-state index is 13.4. The van der Waals surface area contributed by atoms with Crippen molar-refractivity contribution < 1.29 is 18.3 Å². The summed E-state index contributed by atoms with van der Waals surface area (Å²) in [5.41, 5.74) is -0.245. The normalized spacial score (nSPS) is 11.7. The molecular weight excluding hydrogens is 290 g/mol. The summed E-state index contributed by atoms with van der Waals surface area (Å²) in [5, 5.41) is 5.54. The average Bonchev–Trinajstić information content (AvgIpc) is 2.40. The molecular formula is C16H22F2N2O2. The molecule has 1 aromatic rings. The van der Waals surface area contributed by atoms with Crippen LogP contribution >= 0.6 is 0 Å². The molecule has 122 valence electrons. The number of rotatable bonds is 6. The van der Waals surface area contributed by atoms with E-state index in [2.05, 4.69) is 10.6 Å². The molecule has 1 amide bonds. The van der Waals surface area contributed by atoms with Crippen molar-refractivity contribution in [1.82, 2.24) is 10.6 Å². The highest BCUT2D eigenvalue weighted by atomic mass is 19.2. The fraction of sp³-hybridized carbons (Fsp3) is 0.438. The highest BCUT2D eigenvalue weighted by Crippen LogP contribution is 2.10. The van der Waals surface area contributed by atoms with Gasteiger partial charge in [0.2, 0.25) is 0 Å².